The number of carbonyl (C=O) groups is 5. The Morgan fingerprint density at radius 1 is 1.03 bits per heavy atom. The summed E-state index contributed by atoms with van der Waals surface area (Å²) < 4.78 is 39.2. The van der Waals surface area contributed by atoms with Gasteiger partial charge in [0.1, 0.15) is 35.1 Å². The maximum absolute atomic E-state index is 14.7. The Labute approximate surface area is 441 Å². The van der Waals surface area contributed by atoms with Gasteiger partial charge >= 0.3 is 18.2 Å². The first kappa shape index (κ1) is 58.7. The van der Waals surface area contributed by atoms with Gasteiger partial charge in [0.15, 0.2) is 17.7 Å². The minimum Gasteiger partial charge on any atom is -0.458 e. The molecule has 3 aliphatic rings. The van der Waals surface area contributed by atoms with E-state index in [1.54, 1.807) is 81.6 Å². The Morgan fingerprint density at radius 2 is 1.76 bits per heavy atom. The predicted molar refractivity (Wildman–Crippen MR) is 278 cm³/mol. The van der Waals surface area contributed by atoms with Crippen LogP contribution in [0.4, 0.5) is 15.3 Å². The number of aliphatic hydroxyl groups is 1. The molecule has 414 valence electrons. The fourth-order valence-corrected chi connectivity index (χ4v) is 10.7. The quantitative estimate of drug-likeness (QED) is 0.0603. The zero-order chi connectivity index (χ0) is 55.0. The summed E-state index contributed by atoms with van der Waals surface area (Å²) in [6.45, 7) is 19.5. The highest BCUT2D eigenvalue weighted by Gasteiger charge is 2.59. The molecule has 3 aromatic rings. The Bertz CT molecular complexity index is 2420. The number of ether oxygens (including phenoxy) is 6. The van der Waals surface area contributed by atoms with E-state index in [1.165, 1.54) is 13.1 Å². The first-order chi connectivity index (χ1) is 35.4. The molecule has 21 nitrogen and oxygen atoms in total. The summed E-state index contributed by atoms with van der Waals surface area (Å²) >= 11 is 0. The lowest BCUT2D eigenvalue weighted by Gasteiger charge is -2.47. The molecule has 3 unspecified atom stereocenters. The number of esters is 1. The summed E-state index contributed by atoms with van der Waals surface area (Å²) in [4.78, 5) is 76.1. The fraction of sp³-hybridized carbons (Fsp3) is 0.667. The van der Waals surface area contributed by atoms with E-state index >= 15 is 0 Å². The second-order valence-electron chi connectivity index (χ2n) is 22.1. The van der Waals surface area contributed by atoms with Gasteiger partial charge in [-0.2, -0.15) is 0 Å². The van der Waals surface area contributed by atoms with Crippen molar-refractivity contribution in [3.63, 3.8) is 0 Å². The number of pyridine rings is 1. The second-order valence-corrected chi connectivity index (χ2v) is 22.1. The van der Waals surface area contributed by atoms with Crippen LogP contribution in [0.2, 0.25) is 0 Å². The van der Waals surface area contributed by atoms with Gasteiger partial charge in [-0.1, -0.05) is 44.2 Å². The molecule has 5 heterocycles. The average molecular weight is 1050 g/mol. The van der Waals surface area contributed by atoms with E-state index in [-0.39, 0.29) is 36.5 Å². The van der Waals surface area contributed by atoms with E-state index in [2.05, 4.69) is 38.2 Å². The number of carbonyl (C=O) groups excluding carboxylic acids is 5. The molecule has 3 aliphatic heterocycles. The number of methoxy groups -OCH3 is 1. The molecule has 0 radical (unpaired) electrons. The molecule has 13 atom stereocenters. The number of fused-ring (bicyclic) bond motifs is 1. The molecule has 3 saturated heterocycles. The number of hydrogen-bond donors (Lipinski definition) is 4. The number of anilines is 1. The number of hydrogen-bond acceptors (Lipinski definition) is 17. The first-order valence-electron chi connectivity index (χ1n) is 26.3. The van der Waals surface area contributed by atoms with Crippen molar-refractivity contribution in [3.05, 3.63) is 60.6 Å². The third kappa shape index (κ3) is 14.5. The highest BCUT2D eigenvalue weighted by atomic mass is 16.7. The Kier molecular flexibility index (Phi) is 19.6. The Morgan fingerprint density at radius 3 is 2.43 bits per heavy atom. The maximum Gasteiger partial charge on any atom is 0.412 e. The maximum atomic E-state index is 14.7. The largest absolute Gasteiger partial charge is 0.458 e. The number of aryl methyl sites for hydroxylation is 1. The Hall–Kier alpha value is -5.58. The van der Waals surface area contributed by atoms with E-state index < -0.39 is 95.4 Å². The highest BCUT2D eigenvalue weighted by molar-refractivity contribution is 6.00. The van der Waals surface area contributed by atoms with Gasteiger partial charge in [-0.15, -0.1) is 5.10 Å². The average Bonchev–Trinajstić information content (AvgIpc) is 3.95. The lowest BCUT2D eigenvalue weighted by Crippen LogP contribution is -2.61. The molecule has 0 bridgehead atoms. The van der Waals surface area contributed by atoms with Crippen LogP contribution in [0.1, 0.15) is 112 Å². The third-order valence-electron chi connectivity index (χ3n) is 14.7. The molecule has 0 spiro atoms. The van der Waals surface area contributed by atoms with Crippen molar-refractivity contribution >= 4 is 35.5 Å². The number of ketones is 1. The number of rotatable bonds is 15. The van der Waals surface area contributed by atoms with Crippen LogP contribution in [-0.2, 0) is 44.6 Å². The normalized spacial score (nSPS) is 31.2. The standard InChI is InChI=1S/C54H81N9O12/c1-14-42-54(10)45(63(51(69)75-54)25-18-17-24-62-31-40(59-60-62)36-20-19-21-37(26-36)58-50(68)74-52(6,7)8)35(5)56-29-32(2)28-53(9,70-13)46(33(3)43(64)34(4)48(67)72-42)73-49-44(65)41(61(11)12)27-38(71-49)30-57-47(66)39-22-15-16-23-55-39/h15-16,19-23,26,31-35,38,41-42,44-46,49,56,65H,14,17-18,24-25,27-30H2,1-13H3,(H,57,66)(H,58,68)/t32-,33+,34-,35-,38?,41?,42-,44?,45-,46-,49+,53-,54-/m1/s1. The molecule has 1 aromatic carbocycles. The number of aromatic nitrogens is 4. The van der Waals surface area contributed by atoms with Crippen LogP contribution in [0.5, 0.6) is 0 Å². The van der Waals surface area contributed by atoms with Crippen LogP contribution in [0.15, 0.2) is 54.9 Å². The van der Waals surface area contributed by atoms with Crippen LogP contribution in [-0.4, -0.2) is 171 Å². The smallest absolute Gasteiger partial charge is 0.412 e. The van der Waals surface area contributed by atoms with E-state index in [9.17, 15) is 29.1 Å². The summed E-state index contributed by atoms with van der Waals surface area (Å²) in [6.07, 6.45) is -0.465. The van der Waals surface area contributed by atoms with Gasteiger partial charge in [0, 0.05) is 62.2 Å². The third-order valence-corrected chi connectivity index (χ3v) is 14.7. The van der Waals surface area contributed by atoms with Crippen molar-refractivity contribution in [2.45, 2.75) is 174 Å². The topological polar surface area (TPSA) is 247 Å². The Balaban J connectivity index is 1.18. The molecule has 21 heteroatoms. The lowest BCUT2D eigenvalue weighted by molar-refractivity contribution is -0.296. The molecule has 0 saturated carbocycles. The molecular formula is C54H81N9O12. The molecule has 4 N–H and O–H groups in total. The second kappa shape index (κ2) is 25.1. The number of Topliss-reactive ketones (excluding diaryl/α,β-unsaturated/α-hetero) is 1. The van der Waals surface area contributed by atoms with Gasteiger partial charge in [0.25, 0.3) is 5.91 Å². The number of benzene rings is 1. The zero-order valence-corrected chi connectivity index (χ0v) is 46.0. The first-order valence-corrected chi connectivity index (χ1v) is 26.3. The van der Waals surface area contributed by atoms with Crippen LogP contribution in [0.25, 0.3) is 11.3 Å². The van der Waals surface area contributed by atoms with Crippen LogP contribution >= 0.6 is 0 Å². The van der Waals surface area contributed by atoms with E-state index in [0.29, 0.717) is 56.7 Å². The summed E-state index contributed by atoms with van der Waals surface area (Å²) in [5.41, 5.74) is -0.938. The van der Waals surface area contributed by atoms with Gasteiger partial charge in [-0.3, -0.25) is 34.3 Å². The lowest BCUT2D eigenvalue weighted by atomic mass is 9.78. The van der Waals surface area contributed by atoms with Gasteiger partial charge < -0.3 is 49.1 Å². The molecule has 3 amide bonds. The van der Waals surface area contributed by atoms with Crippen LogP contribution in [0, 0.1) is 17.8 Å². The van der Waals surface area contributed by atoms with Gasteiger partial charge in [-0.05, 0) is 131 Å². The number of nitrogens with one attached hydrogen (secondary N) is 3. The SMILES string of the molecule is CC[C@H]1OC(=O)[C@H](C)C(=O)[C@H](C)[C@@H](O[C@@H]2OC(CNC(=O)c3ccccn3)CC(N(C)C)C2O)[C@](C)(OC)C[C@@H](C)CN[C@H](C)[C@H]2N(CCCCn3cc(-c4cccc(NC(=O)OC(C)(C)C)c4)nn3)C(=O)O[C@]12C. The van der Waals surface area contributed by atoms with Crippen LogP contribution in [0.3, 0.4) is 0 Å². The highest BCUT2D eigenvalue weighted by Crippen LogP contribution is 2.40. The van der Waals surface area contributed by atoms with E-state index in [0.717, 1.165) is 5.56 Å². The molecule has 3 fully saturated rings. The number of amides is 3. The zero-order valence-electron chi connectivity index (χ0n) is 46.0. The van der Waals surface area contributed by atoms with Crippen molar-refractivity contribution in [3.8, 4) is 11.3 Å². The summed E-state index contributed by atoms with van der Waals surface area (Å²) in [7, 11) is 5.22. The number of nitrogens with zero attached hydrogens (tertiary/aromatic N) is 6. The molecule has 0 aliphatic carbocycles. The summed E-state index contributed by atoms with van der Waals surface area (Å²) in [5, 5.41) is 29.9. The van der Waals surface area contributed by atoms with Crippen molar-refractivity contribution in [2.24, 2.45) is 17.8 Å². The molecule has 2 aromatic heterocycles. The van der Waals surface area contributed by atoms with Gasteiger partial charge in [-0.25, -0.2) is 9.59 Å². The minimum atomic E-state index is -1.31. The summed E-state index contributed by atoms with van der Waals surface area (Å²) in [6, 6.07) is 10.9. The number of likely N-dealkylation sites (N-methyl/N-ethyl adjacent to an activating group) is 1. The minimum absolute atomic E-state index is 0.0991. The van der Waals surface area contributed by atoms with Crippen molar-refractivity contribution in [1.29, 1.82) is 0 Å². The van der Waals surface area contributed by atoms with E-state index in [1.807, 2.05) is 58.1 Å². The van der Waals surface area contributed by atoms with E-state index in [4.69, 9.17) is 28.4 Å². The monoisotopic (exact) mass is 1050 g/mol. The molecule has 75 heavy (non-hydrogen) atoms. The number of cyclic esters (lactones) is 1. The predicted octanol–water partition coefficient (Wildman–Crippen LogP) is 5.85. The van der Waals surface area contributed by atoms with Crippen molar-refractivity contribution < 1.29 is 57.5 Å². The van der Waals surface area contributed by atoms with Gasteiger partial charge in [0.2, 0.25) is 0 Å². The van der Waals surface area contributed by atoms with Crippen molar-refractivity contribution in [2.75, 3.05) is 46.2 Å². The number of unbranched alkanes of at least 4 members (excludes halogenated alkanes) is 1. The van der Waals surface area contributed by atoms with Crippen LogP contribution < -0.4 is 16.0 Å². The fourth-order valence-electron chi connectivity index (χ4n) is 10.7. The molecular weight excluding hydrogens is 967 g/mol. The number of aliphatic hydroxyl groups excluding tert-OH is 1. The summed E-state index contributed by atoms with van der Waals surface area (Å²) in [5.74, 6) is -3.99. The van der Waals surface area contributed by atoms with Gasteiger partial charge in [0.05, 0.1) is 30.0 Å². The molecule has 6 rings (SSSR count). The van der Waals surface area contributed by atoms with Crippen molar-refractivity contribution in [1.82, 2.24) is 40.4 Å².